The first-order valence-corrected chi connectivity index (χ1v) is 13.0. The maximum Gasteiger partial charge on any atom is 0.0610 e. The van der Waals surface area contributed by atoms with Gasteiger partial charge in [0.15, 0.2) is 0 Å². The van der Waals surface area contributed by atoms with Crippen LogP contribution < -0.4 is 0 Å². The molecule has 0 aromatic carbocycles. The van der Waals surface area contributed by atoms with Gasteiger partial charge in [-0.15, -0.1) is 0 Å². The van der Waals surface area contributed by atoms with Crippen molar-refractivity contribution in [3.63, 3.8) is 0 Å². The summed E-state index contributed by atoms with van der Waals surface area (Å²) in [6, 6.07) is 0. The molecule has 0 aromatic rings. The number of rotatable bonds is 5. The van der Waals surface area contributed by atoms with Gasteiger partial charge in [0.05, 0.1) is 5.71 Å². The molecule has 4 fully saturated rings. The molecule has 0 spiro atoms. The van der Waals surface area contributed by atoms with Crippen LogP contribution in [0.3, 0.4) is 0 Å². The van der Waals surface area contributed by atoms with Crippen molar-refractivity contribution >= 4 is 5.71 Å². The van der Waals surface area contributed by atoms with Crippen LogP contribution in [0.25, 0.3) is 0 Å². The van der Waals surface area contributed by atoms with Crippen LogP contribution in [0.4, 0.5) is 0 Å². The highest BCUT2D eigenvalue weighted by Gasteiger charge is 2.61. The Balaban J connectivity index is 1.53. The standard InChI is InChI=1S/C27H47NO/c1-18(2)9-8-10-19(3)21-12-13-22-20-17-25(28-29)24-11-6-7-15-26(24,4)23(20)14-16-27(21,22)5/h18-24,29H,6-17H2,1-5H3/b28-25+/t19-,20+,21-,22+,23+,24-,26-,27-/m1/s1. The third-order valence-electron chi connectivity index (χ3n) is 10.7. The largest absolute Gasteiger partial charge is 0.411 e. The maximum absolute atomic E-state index is 9.91. The second kappa shape index (κ2) is 8.19. The Morgan fingerprint density at radius 2 is 1.69 bits per heavy atom. The van der Waals surface area contributed by atoms with E-state index in [0.717, 1.165) is 41.9 Å². The molecule has 1 N–H and O–H groups in total. The van der Waals surface area contributed by atoms with Gasteiger partial charge in [-0.2, -0.15) is 0 Å². The molecule has 0 amide bonds. The van der Waals surface area contributed by atoms with Gasteiger partial charge in [-0.3, -0.25) is 0 Å². The molecule has 4 aliphatic rings. The highest BCUT2D eigenvalue weighted by molar-refractivity contribution is 5.88. The molecule has 2 nitrogen and oxygen atoms in total. The summed E-state index contributed by atoms with van der Waals surface area (Å²) in [7, 11) is 0. The smallest absolute Gasteiger partial charge is 0.0610 e. The molecule has 0 radical (unpaired) electrons. The normalized spacial score (nSPS) is 47.0. The third-order valence-corrected chi connectivity index (χ3v) is 10.7. The van der Waals surface area contributed by atoms with Crippen molar-refractivity contribution in [2.24, 2.45) is 57.4 Å². The lowest BCUT2D eigenvalue weighted by molar-refractivity contribution is -0.0806. The number of oxime groups is 1. The first kappa shape index (κ1) is 21.7. The van der Waals surface area contributed by atoms with Gasteiger partial charge >= 0.3 is 0 Å². The van der Waals surface area contributed by atoms with Gasteiger partial charge in [0.25, 0.3) is 0 Å². The van der Waals surface area contributed by atoms with E-state index in [1.807, 2.05) is 0 Å². The van der Waals surface area contributed by atoms with E-state index in [1.54, 1.807) is 0 Å². The molecule has 0 bridgehead atoms. The van der Waals surface area contributed by atoms with Crippen LogP contribution in [-0.4, -0.2) is 10.9 Å². The second-order valence-electron chi connectivity index (χ2n) is 12.5. The Labute approximate surface area is 180 Å². The summed E-state index contributed by atoms with van der Waals surface area (Å²) in [6.45, 7) is 12.5. The van der Waals surface area contributed by atoms with E-state index in [1.165, 1.54) is 76.3 Å². The summed E-state index contributed by atoms with van der Waals surface area (Å²) in [4.78, 5) is 0. The quantitative estimate of drug-likeness (QED) is 0.368. The van der Waals surface area contributed by atoms with E-state index in [2.05, 4.69) is 39.8 Å². The molecule has 0 aromatic heterocycles. The summed E-state index contributed by atoms with van der Waals surface area (Å²) in [6.07, 6.45) is 16.4. The summed E-state index contributed by atoms with van der Waals surface area (Å²) in [5, 5.41) is 13.8. The maximum atomic E-state index is 9.91. The van der Waals surface area contributed by atoms with Gasteiger partial charge in [0.2, 0.25) is 0 Å². The fraction of sp³-hybridized carbons (Fsp3) is 0.963. The lowest BCUT2D eigenvalue weighted by Gasteiger charge is -2.60. The molecule has 29 heavy (non-hydrogen) atoms. The average Bonchev–Trinajstić information content (AvgIpc) is 3.04. The number of hydrogen-bond acceptors (Lipinski definition) is 2. The predicted octanol–water partition coefficient (Wildman–Crippen LogP) is 7.94. The molecule has 4 rings (SSSR count). The Bertz CT molecular complexity index is 612. The van der Waals surface area contributed by atoms with E-state index >= 15 is 0 Å². The number of hydrogen-bond donors (Lipinski definition) is 1. The minimum absolute atomic E-state index is 0.394. The topological polar surface area (TPSA) is 32.6 Å². The fourth-order valence-corrected chi connectivity index (χ4v) is 9.26. The zero-order valence-corrected chi connectivity index (χ0v) is 19.9. The van der Waals surface area contributed by atoms with Crippen LogP contribution in [0, 0.1) is 52.3 Å². The summed E-state index contributed by atoms with van der Waals surface area (Å²) in [5.74, 6) is 5.67. The van der Waals surface area contributed by atoms with Crippen LogP contribution in [0.1, 0.15) is 112 Å². The monoisotopic (exact) mass is 401 g/mol. The van der Waals surface area contributed by atoms with Gasteiger partial charge in [0, 0.05) is 5.92 Å². The molecule has 4 saturated carbocycles. The van der Waals surface area contributed by atoms with Crippen molar-refractivity contribution in [3.8, 4) is 0 Å². The first-order chi connectivity index (χ1) is 13.8. The van der Waals surface area contributed by atoms with Gasteiger partial charge in [-0.25, -0.2) is 0 Å². The molecule has 166 valence electrons. The Morgan fingerprint density at radius 3 is 2.41 bits per heavy atom. The molecule has 0 heterocycles. The molecular formula is C27H47NO. The fourth-order valence-electron chi connectivity index (χ4n) is 9.26. The van der Waals surface area contributed by atoms with E-state index in [0.29, 0.717) is 16.7 Å². The predicted molar refractivity (Wildman–Crippen MR) is 122 cm³/mol. The number of nitrogens with zero attached hydrogens (tertiary/aromatic N) is 1. The Morgan fingerprint density at radius 1 is 0.931 bits per heavy atom. The minimum atomic E-state index is 0.394. The minimum Gasteiger partial charge on any atom is -0.411 e. The highest BCUT2D eigenvalue weighted by Crippen LogP contribution is 2.68. The average molecular weight is 402 g/mol. The van der Waals surface area contributed by atoms with Crippen LogP contribution in [-0.2, 0) is 0 Å². The SMILES string of the molecule is CC(C)CCC[C@@H](C)[C@H]1CC[C@H]2[C@@H]3C/C(=N\O)[C@H]4CCCC[C@]4(C)[C@H]3CC[C@]12C. The van der Waals surface area contributed by atoms with Crippen LogP contribution >= 0.6 is 0 Å². The highest BCUT2D eigenvalue weighted by atomic mass is 16.4. The number of fused-ring (bicyclic) bond motifs is 5. The van der Waals surface area contributed by atoms with Gasteiger partial charge in [0.1, 0.15) is 0 Å². The molecule has 0 aliphatic heterocycles. The molecule has 2 heteroatoms. The van der Waals surface area contributed by atoms with E-state index in [-0.39, 0.29) is 0 Å². The van der Waals surface area contributed by atoms with Crippen molar-refractivity contribution in [2.45, 2.75) is 112 Å². The van der Waals surface area contributed by atoms with Gasteiger partial charge in [-0.05, 0) is 91.3 Å². The molecular weight excluding hydrogens is 354 g/mol. The second-order valence-corrected chi connectivity index (χ2v) is 12.5. The Kier molecular flexibility index (Phi) is 6.13. The van der Waals surface area contributed by atoms with Crippen molar-refractivity contribution in [1.82, 2.24) is 0 Å². The summed E-state index contributed by atoms with van der Waals surface area (Å²) < 4.78 is 0. The van der Waals surface area contributed by atoms with Crippen LogP contribution in [0.2, 0.25) is 0 Å². The van der Waals surface area contributed by atoms with Crippen LogP contribution in [0.5, 0.6) is 0 Å². The zero-order chi connectivity index (χ0) is 20.8. The summed E-state index contributed by atoms with van der Waals surface area (Å²) in [5.41, 5.74) is 2.09. The van der Waals surface area contributed by atoms with Crippen molar-refractivity contribution in [2.75, 3.05) is 0 Å². The lowest BCUT2D eigenvalue weighted by Crippen LogP contribution is -2.56. The first-order valence-electron chi connectivity index (χ1n) is 13.0. The van der Waals surface area contributed by atoms with Crippen molar-refractivity contribution in [1.29, 1.82) is 0 Å². The van der Waals surface area contributed by atoms with E-state index < -0.39 is 0 Å². The van der Waals surface area contributed by atoms with Gasteiger partial charge < -0.3 is 5.21 Å². The molecule has 8 atom stereocenters. The van der Waals surface area contributed by atoms with E-state index in [9.17, 15) is 5.21 Å². The molecule has 4 aliphatic carbocycles. The third kappa shape index (κ3) is 3.59. The zero-order valence-electron chi connectivity index (χ0n) is 19.9. The molecule has 0 saturated heterocycles. The van der Waals surface area contributed by atoms with Crippen molar-refractivity contribution < 1.29 is 5.21 Å². The summed E-state index contributed by atoms with van der Waals surface area (Å²) >= 11 is 0. The van der Waals surface area contributed by atoms with E-state index in [4.69, 9.17) is 0 Å². The van der Waals surface area contributed by atoms with Gasteiger partial charge in [-0.1, -0.05) is 71.9 Å². The molecule has 0 unspecified atom stereocenters. The lowest BCUT2D eigenvalue weighted by atomic mass is 9.44. The van der Waals surface area contributed by atoms with Crippen molar-refractivity contribution in [3.05, 3.63) is 0 Å². The van der Waals surface area contributed by atoms with Crippen LogP contribution in [0.15, 0.2) is 5.16 Å². The Hall–Kier alpha value is -0.530.